The molecule has 0 aliphatic carbocycles. The lowest BCUT2D eigenvalue weighted by Gasteiger charge is -2.09. The fourth-order valence-corrected chi connectivity index (χ4v) is 4.11. The molecule has 1 aromatic carbocycles. The zero-order valence-electron chi connectivity index (χ0n) is 14.8. The molecule has 0 fully saturated rings. The molecule has 0 radical (unpaired) electrons. The van der Waals surface area contributed by atoms with Crippen molar-refractivity contribution in [2.24, 2.45) is 0 Å². The van der Waals surface area contributed by atoms with Crippen molar-refractivity contribution < 1.29 is 14.3 Å². The molecule has 0 atom stereocenters. The number of hydrogen-bond acceptors (Lipinski definition) is 7. The van der Waals surface area contributed by atoms with Crippen LogP contribution in [0.5, 0.6) is 11.5 Å². The maximum Gasteiger partial charge on any atom is 0.191 e. The molecule has 0 amide bonds. The molecule has 6 nitrogen and oxygen atoms in total. The second-order valence-electron chi connectivity index (χ2n) is 5.31. The van der Waals surface area contributed by atoms with E-state index >= 15 is 0 Å². The SMILES string of the molecule is CCn1c(SCC(=O)c2ccc(OC)c(OC)c2)nnc1-c1cccs1. The van der Waals surface area contributed by atoms with Gasteiger partial charge in [0.2, 0.25) is 0 Å². The highest BCUT2D eigenvalue weighted by atomic mass is 32.2. The predicted octanol–water partition coefficient (Wildman–Crippen LogP) is 4.02. The Morgan fingerprint density at radius 2 is 2.00 bits per heavy atom. The Kier molecular flexibility index (Phi) is 5.95. The monoisotopic (exact) mass is 389 g/mol. The van der Waals surface area contributed by atoms with Gasteiger partial charge in [-0.2, -0.15) is 0 Å². The molecule has 0 bridgehead atoms. The number of methoxy groups -OCH3 is 2. The lowest BCUT2D eigenvalue weighted by Crippen LogP contribution is -2.05. The average Bonchev–Trinajstić information content (AvgIpc) is 3.34. The van der Waals surface area contributed by atoms with E-state index in [2.05, 4.69) is 10.2 Å². The molecule has 0 aliphatic rings. The van der Waals surface area contributed by atoms with E-state index in [-0.39, 0.29) is 11.5 Å². The number of ketones is 1. The van der Waals surface area contributed by atoms with Crippen molar-refractivity contribution in [1.29, 1.82) is 0 Å². The van der Waals surface area contributed by atoms with Gasteiger partial charge < -0.3 is 14.0 Å². The molecule has 26 heavy (non-hydrogen) atoms. The molecule has 2 aromatic heterocycles. The molecule has 0 aliphatic heterocycles. The van der Waals surface area contributed by atoms with Crippen LogP contribution in [0.1, 0.15) is 17.3 Å². The Morgan fingerprint density at radius 1 is 1.19 bits per heavy atom. The van der Waals surface area contributed by atoms with Crippen LogP contribution in [0.3, 0.4) is 0 Å². The van der Waals surface area contributed by atoms with Gasteiger partial charge in [-0.05, 0) is 36.6 Å². The minimum Gasteiger partial charge on any atom is -0.493 e. The molecule has 0 unspecified atom stereocenters. The minimum absolute atomic E-state index is 0.000667. The summed E-state index contributed by atoms with van der Waals surface area (Å²) < 4.78 is 12.5. The number of thioether (sulfide) groups is 1. The quantitative estimate of drug-likeness (QED) is 0.428. The van der Waals surface area contributed by atoms with Crippen molar-refractivity contribution in [3.05, 3.63) is 41.3 Å². The van der Waals surface area contributed by atoms with Crippen molar-refractivity contribution in [3.8, 4) is 22.2 Å². The van der Waals surface area contributed by atoms with Crippen LogP contribution in [0.15, 0.2) is 40.9 Å². The van der Waals surface area contributed by atoms with Crippen LogP contribution in [-0.4, -0.2) is 40.5 Å². The third-order valence-corrected chi connectivity index (χ3v) is 5.65. The number of aromatic nitrogens is 3. The number of nitrogens with zero attached hydrogens (tertiary/aromatic N) is 3. The van der Waals surface area contributed by atoms with Crippen LogP contribution in [-0.2, 0) is 6.54 Å². The van der Waals surface area contributed by atoms with E-state index in [1.165, 1.54) is 11.8 Å². The fourth-order valence-electron chi connectivity index (χ4n) is 2.49. The second kappa shape index (κ2) is 8.37. The first kappa shape index (κ1) is 18.5. The Balaban J connectivity index is 1.74. The van der Waals surface area contributed by atoms with Crippen molar-refractivity contribution in [2.45, 2.75) is 18.6 Å². The Hall–Kier alpha value is -2.32. The topological polar surface area (TPSA) is 66.2 Å². The van der Waals surface area contributed by atoms with E-state index < -0.39 is 0 Å². The average molecular weight is 390 g/mol. The summed E-state index contributed by atoms with van der Waals surface area (Å²) in [6, 6.07) is 9.18. The number of thiophene rings is 1. The number of rotatable bonds is 8. The Labute approximate surface area is 160 Å². The molecule has 8 heteroatoms. The first-order valence-corrected chi connectivity index (χ1v) is 9.89. The highest BCUT2D eigenvalue weighted by Crippen LogP contribution is 2.30. The molecular formula is C18H19N3O3S2. The van der Waals surface area contributed by atoms with Crippen LogP contribution >= 0.6 is 23.1 Å². The molecule has 3 rings (SSSR count). The van der Waals surface area contributed by atoms with Crippen molar-refractivity contribution in [1.82, 2.24) is 14.8 Å². The standard InChI is InChI=1S/C18H19N3O3S2/c1-4-21-17(16-6-5-9-25-16)19-20-18(21)26-11-13(22)12-7-8-14(23-2)15(10-12)24-3/h5-10H,4,11H2,1-3H3. The summed E-state index contributed by atoms with van der Waals surface area (Å²) in [5.74, 6) is 2.25. The van der Waals surface area contributed by atoms with Gasteiger partial charge in [0, 0.05) is 12.1 Å². The summed E-state index contributed by atoms with van der Waals surface area (Å²) >= 11 is 3.01. The fraction of sp³-hybridized carbons (Fsp3) is 0.278. The zero-order chi connectivity index (χ0) is 18.5. The van der Waals surface area contributed by atoms with Crippen molar-refractivity contribution >= 4 is 28.9 Å². The third kappa shape index (κ3) is 3.76. The maximum atomic E-state index is 12.5. The highest BCUT2D eigenvalue weighted by Gasteiger charge is 2.16. The lowest BCUT2D eigenvalue weighted by atomic mass is 10.1. The van der Waals surface area contributed by atoms with Gasteiger partial charge in [0.05, 0.1) is 24.8 Å². The Bertz CT molecular complexity index is 891. The molecule has 136 valence electrons. The highest BCUT2D eigenvalue weighted by molar-refractivity contribution is 7.99. The van der Waals surface area contributed by atoms with Gasteiger partial charge in [0.1, 0.15) is 0 Å². The van der Waals surface area contributed by atoms with Gasteiger partial charge in [-0.25, -0.2) is 0 Å². The van der Waals surface area contributed by atoms with Gasteiger partial charge in [-0.3, -0.25) is 4.79 Å². The smallest absolute Gasteiger partial charge is 0.191 e. The number of benzene rings is 1. The number of ether oxygens (including phenoxy) is 2. The van der Waals surface area contributed by atoms with Crippen LogP contribution in [0, 0.1) is 0 Å². The number of carbonyl (C=O) groups excluding carboxylic acids is 1. The molecule has 0 saturated heterocycles. The van der Waals surface area contributed by atoms with E-state index in [0.29, 0.717) is 17.1 Å². The van der Waals surface area contributed by atoms with Crippen molar-refractivity contribution in [2.75, 3.05) is 20.0 Å². The largest absolute Gasteiger partial charge is 0.493 e. The van der Waals surface area contributed by atoms with Crippen molar-refractivity contribution in [3.63, 3.8) is 0 Å². The summed E-state index contributed by atoms with van der Waals surface area (Å²) in [5.41, 5.74) is 0.580. The van der Waals surface area contributed by atoms with Crippen LogP contribution in [0.2, 0.25) is 0 Å². The van der Waals surface area contributed by atoms with Gasteiger partial charge in [0.25, 0.3) is 0 Å². The van der Waals surface area contributed by atoms with E-state index in [9.17, 15) is 4.79 Å². The number of hydrogen-bond donors (Lipinski definition) is 0. The zero-order valence-corrected chi connectivity index (χ0v) is 16.4. The Morgan fingerprint density at radius 3 is 2.65 bits per heavy atom. The maximum absolute atomic E-state index is 12.5. The number of carbonyl (C=O) groups is 1. The second-order valence-corrected chi connectivity index (χ2v) is 7.20. The van der Waals surface area contributed by atoms with Gasteiger partial charge in [-0.1, -0.05) is 17.8 Å². The first-order chi connectivity index (χ1) is 12.7. The molecule has 2 heterocycles. The molecule has 0 saturated carbocycles. The third-order valence-electron chi connectivity index (χ3n) is 3.81. The van der Waals surface area contributed by atoms with Gasteiger partial charge in [-0.15, -0.1) is 21.5 Å². The predicted molar refractivity (Wildman–Crippen MR) is 104 cm³/mol. The summed E-state index contributed by atoms with van der Waals surface area (Å²) in [6.45, 7) is 2.79. The molecule has 0 N–H and O–H groups in total. The minimum atomic E-state index is -0.000667. The van der Waals surface area contributed by atoms with Gasteiger partial charge >= 0.3 is 0 Å². The van der Waals surface area contributed by atoms with Crippen LogP contribution < -0.4 is 9.47 Å². The summed E-state index contributed by atoms with van der Waals surface area (Å²) in [5, 5.41) is 11.3. The molecule has 3 aromatic rings. The van der Waals surface area contributed by atoms with E-state index in [1.807, 2.05) is 29.0 Å². The van der Waals surface area contributed by atoms with Crippen LogP contribution in [0.4, 0.5) is 0 Å². The normalized spacial score (nSPS) is 10.7. The number of Topliss-reactive ketones (excluding diaryl/α,β-unsaturated/α-hetero) is 1. The first-order valence-electron chi connectivity index (χ1n) is 8.03. The summed E-state index contributed by atoms with van der Waals surface area (Å²) in [6.07, 6.45) is 0. The summed E-state index contributed by atoms with van der Waals surface area (Å²) in [7, 11) is 3.12. The van der Waals surface area contributed by atoms with E-state index in [4.69, 9.17) is 9.47 Å². The lowest BCUT2D eigenvalue weighted by molar-refractivity contribution is 0.102. The molecular weight excluding hydrogens is 370 g/mol. The van der Waals surface area contributed by atoms with E-state index in [0.717, 1.165) is 22.4 Å². The molecule has 0 spiro atoms. The van der Waals surface area contributed by atoms with Gasteiger partial charge in [0.15, 0.2) is 28.3 Å². The van der Waals surface area contributed by atoms with E-state index in [1.54, 1.807) is 43.8 Å². The summed E-state index contributed by atoms with van der Waals surface area (Å²) in [4.78, 5) is 13.6. The van der Waals surface area contributed by atoms with Crippen LogP contribution in [0.25, 0.3) is 10.7 Å².